The minimum atomic E-state index is -3.42. The summed E-state index contributed by atoms with van der Waals surface area (Å²) in [6.45, 7) is 8.55. The van der Waals surface area contributed by atoms with Crippen LogP contribution < -0.4 is 9.46 Å². The topological polar surface area (TPSA) is 55.4 Å². The summed E-state index contributed by atoms with van der Waals surface area (Å²) >= 11 is 0. The fourth-order valence-corrected chi connectivity index (χ4v) is 2.42. The van der Waals surface area contributed by atoms with Crippen molar-refractivity contribution in [3.05, 3.63) is 23.8 Å². The fourth-order valence-electron chi connectivity index (χ4n) is 1.66. The number of hydrogen-bond acceptors (Lipinski definition) is 3. The minimum absolute atomic E-state index is 0.177. The van der Waals surface area contributed by atoms with Gasteiger partial charge in [0.2, 0.25) is 10.0 Å². The van der Waals surface area contributed by atoms with Gasteiger partial charge in [-0.1, -0.05) is 20.8 Å². The van der Waals surface area contributed by atoms with Crippen molar-refractivity contribution in [3.63, 3.8) is 0 Å². The van der Waals surface area contributed by atoms with Crippen LogP contribution in [0, 0.1) is 0 Å². The highest BCUT2D eigenvalue weighted by molar-refractivity contribution is 7.89. The Labute approximate surface area is 109 Å². The second kappa shape index (κ2) is 5.28. The van der Waals surface area contributed by atoms with E-state index in [9.17, 15) is 8.42 Å². The molecule has 0 spiro atoms. The zero-order chi connectivity index (χ0) is 14.0. The van der Waals surface area contributed by atoms with E-state index in [1.807, 2.05) is 27.7 Å². The van der Waals surface area contributed by atoms with Gasteiger partial charge in [0.15, 0.2) is 0 Å². The van der Waals surface area contributed by atoms with Crippen molar-refractivity contribution in [1.29, 1.82) is 0 Å². The summed E-state index contributed by atoms with van der Waals surface area (Å²) in [5.74, 6) is 0.736. The molecule has 0 bridgehead atoms. The Kier molecular flexibility index (Phi) is 4.40. The third kappa shape index (κ3) is 3.23. The average molecular weight is 271 g/mol. The number of sulfonamides is 1. The monoisotopic (exact) mass is 271 g/mol. The molecule has 0 radical (unpaired) electrons. The molecule has 0 fully saturated rings. The van der Waals surface area contributed by atoms with Crippen LogP contribution in [0.25, 0.3) is 0 Å². The van der Waals surface area contributed by atoms with Crippen LogP contribution in [-0.4, -0.2) is 22.1 Å². The van der Waals surface area contributed by atoms with E-state index in [0.717, 1.165) is 11.3 Å². The first-order valence-electron chi connectivity index (χ1n) is 5.93. The largest absolute Gasteiger partial charge is 0.494 e. The van der Waals surface area contributed by atoms with E-state index < -0.39 is 10.0 Å². The smallest absolute Gasteiger partial charge is 0.240 e. The molecule has 0 saturated carbocycles. The number of rotatable bonds is 4. The quantitative estimate of drug-likeness (QED) is 0.914. The van der Waals surface area contributed by atoms with Crippen molar-refractivity contribution < 1.29 is 13.2 Å². The lowest BCUT2D eigenvalue weighted by Gasteiger charge is -2.23. The van der Waals surface area contributed by atoms with Crippen LogP contribution in [0.5, 0.6) is 5.75 Å². The van der Waals surface area contributed by atoms with E-state index in [4.69, 9.17) is 4.74 Å². The van der Waals surface area contributed by atoms with Crippen molar-refractivity contribution in [2.24, 2.45) is 0 Å². The van der Waals surface area contributed by atoms with E-state index in [-0.39, 0.29) is 10.3 Å². The van der Waals surface area contributed by atoms with Gasteiger partial charge >= 0.3 is 0 Å². The van der Waals surface area contributed by atoms with Crippen LogP contribution in [0.2, 0.25) is 0 Å². The zero-order valence-electron chi connectivity index (χ0n) is 11.6. The Morgan fingerprint density at radius 3 is 2.33 bits per heavy atom. The summed E-state index contributed by atoms with van der Waals surface area (Å²) < 4.78 is 31.5. The molecule has 0 heterocycles. The second-order valence-corrected chi connectivity index (χ2v) is 6.94. The van der Waals surface area contributed by atoms with Crippen molar-refractivity contribution in [2.75, 3.05) is 13.7 Å². The molecule has 1 N–H and O–H groups in total. The first-order chi connectivity index (χ1) is 8.22. The van der Waals surface area contributed by atoms with Gasteiger partial charge in [0.05, 0.1) is 11.5 Å². The van der Waals surface area contributed by atoms with Gasteiger partial charge in [0, 0.05) is 5.56 Å². The van der Waals surface area contributed by atoms with Crippen LogP contribution in [-0.2, 0) is 15.4 Å². The van der Waals surface area contributed by atoms with Crippen molar-refractivity contribution >= 4 is 10.0 Å². The molecule has 1 aromatic carbocycles. The predicted molar refractivity (Wildman–Crippen MR) is 72.6 cm³/mol. The number of ether oxygens (including phenoxy) is 1. The van der Waals surface area contributed by atoms with Gasteiger partial charge in [-0.2, -0.15) is 0 Å². The lowest BCUT2D eigenvalue weighted by molar-refractivity contribution is 0.329. The van der Waals surface area contributed by atoms with E-state index in [0.29, 0.717) is 6.61 Å². The Balaban J connectivity index is 3.40. The predicted octanol–water partition coefficient (Wildman–Crippen LogP) is 2.29. The zero-order valence-corrected chi connectivity index (χ0v) is 12.4. The summed E-state index contributed by atoms with van der Waals surface area (Å²) in [7, 11) is -2.01. The normalized spacial score (nSPS) is 12.5. The van der Waals surface area contributed by atoms with Gasteiger partial charge in [-0.25, -0.2) is 13.1 Å². The minimum Gasteiger partial charge on any atom is -0.494 e. The molecule has 5 heteroatoms. The Morgan fingerprint density at radius 2 is 1.89 bits per heavy atom. The lowest BCUT2D eigenvalue weighted by Crippen LogP contribution is -2.20. The van der Waals surface area contributed by atoms with E-state index in [1.54, 1.807) is 18.2 Å². The Morgan fingerprint density at radius 1 is 1.28 bits per heavy atom. The maximum atomic E-state index is 11.8. The van der Waals surface area contributed by atoms with Gasteiger partial charge in [-0.3, -0.25) is 0 Å². The molecule has 0 aliphatic heterocycles. The summed E-state index contributed by atoms with van der Waals surface area (Å²) in [6.07, 6.45) is 0. The molecule has 0 aliphatic rings. The van der Waals surface area contributed by atoms with Crippen LogP contribution in [0.15, 0.2) is 23.1 Å². The molecule has 18 heavy (non-hydrogen) atoms. The van der Waals surface area contributed by atoms with Gasteiger partial charge in [0.25, 0.3) is 0 Å². The molecule has 4 nitrogen and oxygen atoms in total. The van der Waals surface area contributed by atoms with Crippen molar-refractivity contribution in [1.82, 2.24) is 4.72 Å². The third-order valence-corrected chi connectivity index (χ3v) is 4.05. The number of benzene rings is 1. The first-order valence-corrected chi connectivity index (χ1v) is 7.41. The van der Waals surface area contributed by atoms with Gasteiger partial charge in [-0.05, 0) is 37.6 Å². The molecule has 1 rings (SSSR count). The van der Waals surface area contributed by atoms with Crippen molar-refractivity contribution in [2.45, 2.75) is 38.0 Å². The van der Waals surface area contributed by atoms with E-state index in [2.05, 4.69) is 4.72 Å². The van der Waals surface area contributed by atoms with Crippen LogP contribution >= 0.6 is 0 Å². The van der Waals surface area contributed by atoms with Crippen LogP contribution in [0.3, 0.4) is 0 Å². The average Bonchev–Trinajstić information content (AvgIpc) is 2.28. The number of hydrogen-bond donors (Lipinski definition) is 1. The highest BCUT2D eigenvalue weighted by atomic mass is 32.2. The fraction of sp³-hybridized carbons (Fsp3) is 0.538. The molecule has 0 aliphatic carbocycles. The Hall–Kier alpha value is -1.07. The molecule has 0 unspecified atom stereocenters. The molecular formula is C13H21NO3S. The van der Waals surface area contributed by atoms with Crippen LogP contribution in [0.1, 0.15) is 33.3 Å². The summed E-state index contributed by atoms with van der Waals surface area (Å²) in [5, 5.41) is 0. The van der Waals surface area contributed by atoms with Gasteiger partial charge in [0.1, 0.15) is 5.75 Å². The maximum absolute atomic E-state index is 11.8. The summed E-state index contributed by atoms with van der Waals surface area (Å²) in [4.78, 5) is 0.262. The Bertz CT molecular complexity index is 516. The van der Waals surface area contributed by atoms with E-state index >= 15 is 0 Å². The molecule has 0 saturated heterocycles. The molecule has 0 atom stereocenters. The second-order valence-electron chi connectivity index (χ2n) is 5.05. The molecule has 1 aromatic rings. The first kappa shape index (κ1) is 15.0. The van der Waals surface area contributed by atoms with Crippen LogP contribution in [0.4, 0.5) is 0 Å². The standard InChI is InChI=1S/C13H21NO3S/c1-6-17-12-8-7-10(18(15,16)14-5)9-11(12)13(2,3)4/h7-9,14H,6H2,1-5H3. The molecule has 0 amide bonds. The molecule has 102 valence electrons. The van der Waals surface area contributed by atoms with Crippen molar-refractivity contribution in [3.8, 4) is 5.75 Å². The number of nitrogens with one attached hydrogen (secondary N) is 1. The summed E-state index contributed by atoms with van der Waals surface area (Å²) in [5.41, 5.74) is 0.713. The maximum Gasteiger partial charge on any atom is 0.240 e. The SMILES string of the molecule is CCOc1ccc(S(=O)(=O)NC)cc1C(C)(C)C. The molecule has 0 aromatic heterocycles. The van der Waals surface area contributed by atoms with Gasteiger partial charge in [-0.15, -0.1) is 0 Å². The summed E-state index contributed by atoms with van der Waals surface area (Å²) in [6, 6.07) is 4.96. The highest BCUT2D eigenvalue weighted by Crippen LogP contribution is 2.33. The highest BCUT2D eigenvalue weighted by Gasteiger charge is 2.22. The third-order valence-electron chi connectivity index (χ3n) is 2.64. The van der Waals surface area contributed by atoms with Gasteiger partial charge < -0.3 is 4.74 Å². The van der Waals surface area contributed by atoms with E-state index in [1.165, 1.54) is 7.05 Å². The molecular weight excluding hydrogens is 250 g/mol. The lowest BCUT2D eigenvalue weighted by atomic mass is 9.86.